The molecular formula is C21H14N2O2S. The van der Waals surface area contributed by atoms with Gasteiger partial charge in [0.1, 0.15) is 5.75 Å². The first-order valence-corrected chi connectivity index (χ1v) is 9.05. The Labute approximate surface area is 152 Å². The maximum atomic E-state index is 13.0. The summed E-state index contributed by atoms with van der Waals surface area (Å²) < 4.78 is 7.87. The van der Waals surface area contributed by atoms with Crippen molar-refractivity contribution in [1.82, 2.24) is 9.38 Å². The van der Waals surface area contributed by atoms with Gasteiger partial charge in [-0.3, -0.25) is 4.79 Å². The third kappa shape index (κ3) is 2.14. The fraction of sp³-hybridized carbons (Fsp3) is 0.0476. The Morgan fingerprint density at radius 3 is 2.73 bits per heavy atom. The Balaban J connectivity index is 1.86. The summed E-state index contributed by atoms with van der Waals surface area (Å²) in [7, 11) is 1.65. The minimum atomic E-state index is -0.0475. The molecule has 5 aromatic rings. The van der Waals surface area contributed by atoms with Gasteiger partial charge in [0.2, 0.25) is 0 Å². The first kappa shape index (κ1) is 15.1. The van der Waals surface area contributed by atoms with Crippen LogP contribution in [0.4, 0.5) is 0 Å². The van der Waals surface area contributed by atoms with E-state index in [1.54, 1.807) is 11.5 Å². The van der Waals surface area contributed by atoms with E-state index in [2.05, 4.69) is 11.1 Å². The summed E-state index contributed by atoms with van der Waals surface area (Å²) in [6, 6.07) is 19.8. The first-order valence-electron chi connectivity index (χ1n) is 8.24. The maximum Gasteiger partial charge on any atom is 0.274 e. The van der Waals surface area contributed by atoms with Gasteiger partial charge in [-0.05, 0) is 35.0 Å². The first-order chi connectivity index (χ1) is 12.8. The molecule has 0 amide bonds. The van der Waals surface area contributed by atoms with E-state index < -0.39 is 0 Å². The molecule has 5 rings (SSSR count). The van der Waals surface area contributed by atoms with Crippen molar-refractivity contribution >= 4 is 44.2 Å². The number of imidazole rings is 1. The minimum Gasteiger partial charge on any atom is -0.496 e. The van der Waals surface area contributed by atoms with Crippen molar-refractivity contribution in [3.05, 3.63) is 81.1 Å². The topological polar surface area (TPSA) is 43.6 Å². The number of hydrogen-bond donors (Lipinski definition) is 0. The number of benzene rings is 3. The molecule has 0 bridgehead atoms. The third-order valence-electron chi connectivity index (χ3n) is 4.57. The van der Waals surface area contributed by atoms with E-state index in [1.165, 1.54) is 11.3 Å². The van der Waals surface area contributed by atoms with Crippen LogP contribution in [0.3, 0.4) is 0 Å². The average molecular weight is 358 g/mol. The van der Waals surface area contributed by atoms with Crippen LogP contribution in [0.15, 0.2) is 65.5 Å². The van der Waals surface area contributed by atoms with Crippen LogP contribution < -0.4 is 14.8 Å². The second-order valence-corrected chi connectivity index (χ2v) is 7.05. The van der Waals surface area contributed by atoms with Crippen LogP contribution in [-0.2, 0) is 0 Å². The predicted octanol–water partition coefficient (Wildman–Crippen LogP) is 3.62. The number of rotatable bonds is 2. The molecule has 0 N–H and O–H groups in total. The normalized spacial score (nSPS) is 12.4. The number of thiazole rings is 1. The second kappa shape index (κ2) is 5.68. The highest BCUT2D eigenvalue weighted by Crippen LogP contribution is 2.28. The molecule has 26 heavy (non-hydrogen) atoms. The molecule has 0 radical (unpaired) electrons. The SMILES string of the molecule is COc1ccc2ccccc2c1/C=c1/sc2nc3ccccc3n2c1=O. The Hall–Kier alpha value is -3.18. The zero-order chi connectivity index (χ0) is 17.7. The molecule has 0 aliphatic heterocycles. The molecule has 0 saturated carbocycles. The summed E-state index contributed by atoms with van der Waals surface area (Å²) >= 11 is 1.40. The van der Waals surface area contributed by atoms with Crippen LogP contribution in [-0.4, -0.2) is 16.5 Å². The lowest BCUT2D eigenvalue weighted by atomic mass is 10.0. The second-order valence-electron chi connectivity index (χ2n) is 6.04. The van der Waals surface area contributed by atoms with Gasteiger partial charge in [0.15, 0.2) is 4.96 Å². The van der Waals surface area contributed by atoms with Gasteiger partial charge >= 0.3 is 0 Å². The van der Waals surface area contributed by atoms with E-state index in [-0.39, 0.29) is 5.56 Å². The monoisotopic (exact) mass is 358 g/mol. The summed E-state index contributed by atoms with van der Waals surface area (Å²) in [5.41, 5.74) is 2.55. The molecule has 0 saturated heterocycles. The van der Waals surface area contributed by atoms with Crippen molar-refractivity contribution in [2.45, 2.75) is 0 Å². The lowest BCUT2D eigenvalue weighted by molar-refractivity contribution is 0.414. The molecule has 126 valence electrons. The van der Waals surface area contributed by atoms with Crippen molar-refractivity contribution in [1.29, 1.82) is 0 Å². The maximum absolute atomic E-state index is 13.0. The standard InChI is InChI=1S/C21H14N2O2S/c1-25-18-11-10-13-6-2-3-7-14(13)15(18)12-19-20(24)23-17-9-5-4-8-16(17)22-21(23)26-19/h2-12H,1H3/b19-12+. The van der Waals surface area contributed by atoms with E-state index in [1.807, 2.05) is 60.7 Å². The fourth-order valence-electron chi connectivity index (χ4n) is 3.35. The number of methoxy groups -OCH3 is 1. The van der Waals surface area contributed by atoms with Gasteiger partial charge in [-0.25, -0.2) is 9.38 Å². The van der Waals surface area contributed by atoms with Crippen molar-refractivity contribution < 1.29 is 4.74 Å². The summed E-state index contributed by atoms with van der Waals surface area (Å²) in [6.45, 7) is 0. The largest absolute Gasteiger partial charge is 0.496 e. The molecule has 2 heterocycles. The van der Waals surface area contributed by atoms with E-state index >= 15 is 0 Å². The molecule has 0 unspecified atom stereocenters. The Bertz CT molecular complexity index is 1400. The smallest absolute Gasteiger partial charge is 0.274 e. The Morgan fingerprint density at radius 2 is 1.85 bits per heavy atom. The molecule has 0 atom stereocenters. The van der Waals surface area contributed by atoms with Gasteiger partial charge in [0.05, 0.1) is 22.7 Å². The number of nitrogens with zero attached hydrogens (tertiary/aromatic N) is 2. The van der Waals surface area contributed by atoms with E-state index in [0.29, 0.717) is 9.49 Å². The molecular weight excluding hydrogens is 344 g/mol. The van der Waals surface area contributed by atoms with Crippen LogP contribution in [0, 0.1) is 0 Å². The molecule has 0 spiro atoms. The number of fused-ring (bicyclic) bond motifs is 4. The number of aromatic nitrogens is 2. The molecule has 4 nitrogen and oxygen atoms in total. The van der Waals surface area contributed by atoms with Gasteiger partial charge in [-0.1, -0.05) is 53.8 Å². The van der Waals surface area contributed by atoms with Crippen LogP contribution in [0.1, 0.15) is 5.56 Å². The fourth-order valence-corrected chi connectivity index (χ4v) is 4.31. The van der Waals surface area contributed by atoms with E-state index in [4.69, 9.17) is 4.74 Å². The summed E-state index contributed by atoms with van der Waals surface area (Å²) in [5, 5.41) is 2.17. The van der Waals surface area contributed by atoms with Crippen molar-refractivity contribution in [2.75, 3.05) is 7.11 Å². The molecule has 2 aromatic heterocycles. The van der Waals surface area contributed by atoms with Crippen LogP contribution in [0.2, 0.25) is 0 Å². The van der Waals surface area contributed by atoms with Crippen LogP contribution >= 0.6 is 11.3 Å². The zero-order valence-electron chi connectivity index (χ0n) is 14.0. The van der Waals surface area contributed by atoms with Gasteiger partial charge in [-0.15, -0.1) is 0 Å². The summed E-state index contributed by atoms with van der Waals surface area (Å²) in [5.74, 6) is 0.749. The van der Waals surface area contributed by atoms with Gasteiger partial charge in [0.25, 0.3) is 5.56 Å². The zero-order valence-corrected chi connectivity index (χ0v) is 14.8. The third-order valence-corrected chi connectivity index (χ3v) is 5.54. The summed E-state index contributed by atoms with van der Waals surface area (Å²) in [6.07, 6.45) is 1.91. The lowest BCUT2D eigenvalue weighted by Gasteiger charge is -2.08. The molecule has 3 aromatic carbocycles. The van der Waals surface area contributed by atoms with E-state index in [0.717, 1.165) is 33.1 Å². The lowest BCUT2D eigenvalue weighted by Crippen LogP contribution is -2.22. The Kier molecular flexibility index (Phi) is 3.30. The van der Waals surface area contributed by atoms with E-state index in [9.17, 15) is 4.79 Å². The van der Waals surface area contributed by atoms with Crippen LogP contribution in [0.25, 0.3) is 32.8 Å². The van der Waals surface area contributed by atoms with Crippen molar-refractivity contribution in [3.8, 4) is 5.75 Å². The summed E-state index contributed by atoms with van der Waals surface area (Å²) in [4.78, 5) is 18.3. The van der Waals surface area contributed by atoms with Gasteiger partial charge in [0, 0.05) is 5.56 Å². The molecule has 0 fully saturated rings. The molecule has 0 aliphatic rings. The van der Waals surface area contributed by atoms with Gasteiger partial charge < -0.3 is 4.74 Å². The number of ether oxygens (including phenoxy) is 1. The molecule has 5 heteroatoms. The number of hydrogen-bond acceptors (Lipinski definition) is 4. The highest BCUT2D eigenvalue weighted by molar-refractivity contribution is 7.15. The minimum absolute atomic E-state index is 0.0475. The molecule has 0 aliphatic carbocycles. The predicted molar refractivity (Wildman–Crippen MR) is 106 cm³/mol. The number of para-hydroxylation sites is 2. The highest BCUT2D eigenvalue weighted by Gasteiger charge is 2.12. The average Bonchev–Trinajstić information content (AvgIpc) is 3.18. The van der Waals surface area contributed by atoms with Crippen molar-refractivity contribution in [3.63, 3.8) is 0 Å². The van der Waals surface area contributed by atoms with Crippen LogP contribution in [0.5, 0.6) is 5.75 Å². The van der Waals surface area contributed by atoms with Crippen molar-refractivity contribution in [2.24, 2.45) is 0 Å². The highest BCUT2D eigenvalue weighted by atomic mass is 32.1. The quantitative estimate of drug-likeness (QED) is 0.484. The van der Waals surface area contributed by atoms with Gasteiger partial charge in [-0.2, -0.15) is 0 Å². The Morgan fingerprint density at radius 1 is 1.04 bits per heavy atom.